The van der Waals surface area contributed by atoms with E-state index in [1.54, 1.807) is 23.4 Å². The molecule has 4 aromatic rings. The van der Waals surface area contributed by atoms with Gasteiger partial charge in [-0.25, -0.2) is 9.55 Å². The second-order valence-electron chi connectivity index (χ2n) is 6.98. The van der Waals surface area contributed by atoms with Crippen LogP contribution in [0.25, 0.3) is 27.6 Å². The maximum absolute atomic E-state index is 13.6. The van der Waals surface area contributed by atoms with Crippen LogP contribution in [-0.4, -0.2) is 51.9 Å². The number of benzene rings is 2. The molecule has 30 heavy (non-hydrogen) atoms. The Morgan fingerprint density at radius 1 is 1.10 bits per heavy atom. The molecule has 7 heteroatoms. The summed E-state index contributed by atoms with van der Waals surface area (Å²) in [5, 5.41) is 1.64. The second kappa shape index (κ2) is 8.93. The maximum Gasteiger partial charge on any atom is 0.283 e. The minimum Gasteiger partial charge on any atom is -0.495 e. The van der Waals surface area contributed by atoms with E-state index in [1.807, 2.05) is 48.5 Å². The van der Waals surface area contributed by atoms with E-state index in [-0.39, 0.29) is 5.56 Å². The van der Waals surface area contributed by atoms with Crippen molar-refractivity contribution < 1.29 is 4.74 Å². The molecule has 2 aromatic heterocycles. The molecule has 1 N–H and O–H groups in total. The summed E-state index contributed by atoms with van der Waals surface area (Å²) in [7, 11) is 1.62. The summed E-state index contributed by atoms with van der Waals surface area (Å²) in [6.45, 7) is 7.27. The number of aromatic amines is 1. The minimum absolute atomic E-state index is 0.119. The smallest absolute Gasteiger partial charge is 0.283 e. The lowest BCUT2D eigenvalue weighted by molar-refractivity contribution is 0.324. The summed E-state index contributed by atoms with van der Waals surface area (Å²) in [6, 6.07) is 15.5. The van der Waals surface area contributed by atoms with Crippen LogP contribution in [0.15, 0.2) is 58.5 Å². The number of ether oxygens (including phenoxy) is 1. The Kier molecular flexibility index (Phi) is 6.11. The average Bonchev–Trinajstić information content (AvgIpc) is 3.16. The number of fused-ring (bicyclic) bond motifs is 3. The van der Waals surface area contributed by atoms with Crippen LogP contribution < -0.4 is 10.3 Å². The topological polar surface area (TPSA) is 63.2 Å². The fourth-order valence-corrected chi connectivity index (χ4v) is 4.67. The van der Waals surface area contributed by atoms with Gasteiger partial charge in [0.2, 0.25) is 0 Å². The summed E-state index contributed by atoms with van der Waals surface area (Å²) in [6.07, 6.45) is 0. The zero-order chi connectivity index (χ0) is 21.1. The van der Waals surface area contributed by atoms with Gasteiger partial charge in [0.25, 0.3) is 5.56 Å². The van der Waals surface area contributed by atoms with E-state index in [2.05, 4.69) is 23.7 Å². The van der Waals surface area contributed by atoms with Gasteiger partial charge in [-0.05, 0) is 31.3 Å². The van der Waals surface area contributed by atoms with Gasteiger partial charge in [0.05, 0.1) is 12.8 Å². The quantitative estimate of drug-likeness (QED) is 0.339. The molecule has 0 radical (unpaired) electrons. The first kappa shape index (κ1) is 20.5. The Labute approximate surface area is 179 Å². The first-order valence-corrected chi connectivity index (χ1v) is 11.2. The molecule has 0 bridgehead atoms. The summed E-state index contributed by atoms with van der Waals surface area (Å²) in [5.41, 5.74) is 2.71. The van der Waals surface area contributed by atoms with Gasteiger partial charge in [-0.2, -0.15) is 0 Å². The van der Waals surface area contributed by atoms with Gasteiger partial charge in [-0.1, -0.05) is 55.9 Å². The van der Waals surface area contributed by atoms with Crippen molar-refractivity contribution in [2.75, 3.05) is 32.5 Å². The molecule has 6 nitrogen and oxygen atoms in total. The van der Waals surface area contributed by atoms with Crippen LogP contribution in [-0.2, 0) is 0 Å². The van der Waals surface area contributed by atoms with Crippen LogP contribution in [0.1, 0.15) is 13.8 Å². The third-order valence-corrected chi connectivity index (χ3v) is 6.27. The number of rotatable bonds is 8. The number of methoxy groups -OCH3 is 1. The van der Waals surface area contributed by atoms with Gasteiger partial charge in [0, 0.05) is 23.2 Å². The largest absolute Gasteiger partial charge is 0.495 e. The number of H-pyrrole nitrogens is 1. The van der Waals surface area contributed by atoms with Crippen LogP contribution in [0.4, 0.5) is 0 Å². The molecule has 0 aliphatic rings. The predicted molar refractivity (Wildman–Crippen MR) is 124 cm³/mol. The van der Waals surface area contributed by atoms with Crippen molar-refractivity contribution in [2.24, 2.45) is 0 Å². The Morgan fingerprint density at radius 2 is 1.83 bits per heavy atom. The molecular formula is C23H26N4O2S. The zero-order valence-corrected chi connectivity index (χ0v) is 18.3. The first-order valence-electron chi connectivity index (χ1n) is 10.2. The Hall–Kier alpha value is -2.77. The van der Waals surface area contributed by atoms with Crippen molar-refractivity contribution in [3.63, 3.8) is 0 Å². The van der Waals surface area contributed by atoms with E-state index in [0.29, 0.717) is 27.6 Å². The third kappa shape index (κ3) is 3.70. The maximum atomic E-state index is 13.6. The van der Waals surface area contributed by atoms with E-state index in [0.717, 1.165) is 36.3 Å². The number of nitrogens with zero attached hydrogens (tertiary/aromatic N) is 3. The van der Waals surface area contributed by atoms with Gasteiger partial charge < -0.3 is 14.6 Å². The van der Waals surface area contributed by atoms with Gasteiger partial charge in [0.1, 0.15) is 16.8 Å². The molecule has 4 rings (SSSR count). The highest BCUT2D eigenvalue weighted by Crippen LogP contribution is 2.29. The standard InChI is InChI=1S/C23H26N4O2S/c1-4-26(5-2)14-15-30-23-25-20-16-10-6-7-11-17(16)24-21(20)22(28)27(23)18-12-8-9-13-19(18)29-3/h6-13,24H,4-5,14-15H2,1-3H3. The van der Waals surface area contributed by atoms with Gasteiger partial charge in [-0.3, -0.25) is 4.79 Å². The molecule has 0 atom stereocenters. The lowest BCUT2D eigenvalue weighted by Gasteiger charge is -2.18. The Balaban J connectivity index is 1.89. The van der Waals surface area contributed by atoms with Crippen molar-refractivity contribution in [1.29, 1.82) is 0 Å². The molecule has 0 unspecified atom stereocenters. The number of aromatic nitrogens is 3. The molecule has 0 saturated heterocycles. The number of nitrogens with one attached hydrogen (secondary N) is 1. The highest BCUT2D eigenvalue weighted by Gasteiger charge is 2.19. The van der Waals surface area contributed by atoms with Gasteiger partial charge >= 0.3 is 0 Å². The second-order valence-corrected chi connectivity index (χ2v) is 8.04. The molecule has 0 aliphatic heterocycles. The molecule has 0 spiro atoms. The van der Waals surface area contributed by atoms with Crippen molar-refractivity contribution in [3.8, 4) is 11.4 Å². The van der Waals surface area contributed by atoms with Crippen molar-refractivity contribution >= 4 is 33.7 Å². The molecule has 0 amide bonds. The average molecular weight is 423 g/mol. The Morgan fingerprint density at radius 3 is 2.60 bits per heavy atom. The highest BCUT2D eigenvalue weighted by molar-refractivity contribution is 7.99. The van der Waals surface area contributed by atoms with Crippen molar-refractivity contribution in [2.45, 2.75) is 19.0 Å². The minimum atomic E-state index is -0.119. The molecule has 0 fully saturated rings. The van der Waals surface area contributed by atoms with Gasteiger partial charge in [-0.15, -0.1) is 0 Å². The normalized spacial score (nSPS) is 11.6. The van der Waals surface area contributed by atoms with Crippen LogP contribution in [0.2, 0.25) is 0 Å². The summed E-state index contributed by atoms with van der Waals surface area (Å²) >= 11 is 1.60. The summed E-state index contributed by atoms with van der Waals surface area (Å²) < 4.78 is 7.21. The SMILES string of the molecule is CCN(CC)CCSc1nc2c([nH]c3ccccc32)c(=O)n1-c1ccccc1OC. The molecule has 0 aliphatic carbocycles. The number of para-hydroxylation sites is 3. The van der Waals surface area contributed by atoms with Crippen molar-refractivity contribution in [3.05, 3.63) is 58.9 Å². The molecule has 156 valence electrons. The van der Waals surface area contributed by atoms with E-state index in [1.165, 1.54) is 0 Å². The van der Waals surface area contributed by atoms with E-state index in [4.69, 9.17) is 9.72 Å². The fraction of sp³-hybridized carbons (Fsp3) is 0.304. The summed E-state index contributed by atoms with van der Waals surface area (Å²) in [5.74, 6) is 1.49. The molecular weight excluding hydrogens is 396 g/mol. The molecule has 2 heterocycles. The van der Waals surface area contributed by atoms with Crippen LogP contribution in [0.3, 0.4) is 0 Å². The monoisotopic (exact) mass is 422 g/mol. The highest BCUT2D eigenvalue weighted by atomic mass is 32.2. The molecule has 0 saturated carbocycles. The fourth-order valence-electron chi connectivity index (χ4n) is 3.67. The molecule has 2 aromatic carbocycles. The van der Waals surface area contributed by atoms with Crippen LogP contribution in [0.5, 0.6) is 5.75 Å². The van der Waals surface area contributed by atoms with E-state index in [9.17, 15) is 4.79 Å². The lowest BCUT2D eigenvalue weighted by Crippen LogP contribution is -2.26. The summed E-state index contributed by atoms with van der Waals surface area (Å²) in [4.78, 5) is 24.2. The Bertz CT molecular complexity index is 1230. The number of hydrogen-bond donors (Lipinski definition) is 1. The van der Waals surface area contributed by atoms with E-state index < -0.39 is 0 Å². The lowest BCUT2D eigenvalue weighted by atomic mass is 10.2. The van der Waals surface area contributed by atoms with Crippen LogP contribution >= 0.6 is 11.8 Å². The first-order chi connectivity index (χ1) is 14.7. The predicted octanol–water partition coefficient (Wildman–Crippen LogP) is 4.31. The number of thioether (sulfide) groups is 1. The van der Waals surface area contributed by atoms with E-state index >= 15 is 0 Å². The zero-order valence-electron chi connectivity index (χ0n) is 17.5. The van der Waals surface area contributed by atoms with Crippen molar-refractivity contribution in [1.82, 2.24) is 19.4 Å². The third-order valence-electron chi connectivity index (χ3n) is 5.35. The van der Waals surface area contributed by atoms with Crippen LogP contribution in [0, 0.1) is 0 Å². The number of hydrogen-bond acceptors (Lipinski definition) is 5. The van der Waals surface area contributed by atoms with Gasteiger partial charge in [0.15, 0.2) is 5.16 Å².